The minimum absolute atomic E-state index is 0.0479. The Morgan fingerprint density at radius 3 is 2.48 bits per heavy atom. The molecular formula is C24H21F2N3O4. The van der Waals surface area contributed by atoms with Crippen molar-refractivity contribution in [3.63, 3.8) is 0 Å². The van der Waals surface area contributed by atoms with E-state index in [0.29, 0.717) is 35.8 Å². The number of nitrogens with zero attached hydrogens (tertiary/aromatic N) is 2. The normalized spacial score (nSPS) is 16.9. The lowest BCUT2D eigenvalue weighted by Crippen LogP contribution is -2.28. The van der Waals surface area contributed by atoms with Crippen LogP contribution in [0.4, 0.5) is 14.6 Å². The number of aryl methyl sites for hydroxylation is 2. The minimum Gasteiger partial charge on any atom is -0.481 e. The van der Waals surface area contributed by atoms with Gasteiger partial charge >= 0.3 is 6.29 Å². The highest BCUT2D eigenvalue weighted by atomic mass is 19.3. The monoisotopic (exact) mass is 453 g/mol. The van der Waals surface area contributed by atoms with Gasteiger partial charge < -0.3 is 19.5 Å². The molecule has 0 radical (unpaired) electrons. The van der Waals surface area contributed by atoms with E-state index in [1.807, 2.05) is 26.0 Å². The quantitative estimate of drug-likeness (QED) is 0.600. The summed E-state index contributed by atoms with van der Waals surface area (Å²) < 4.78 is 40.9. The minimum atomic E-state index is -3.70. The summed E-state index contributed by atoms with van der Waals surface area (Å²) in [5, 5.41) is 2.89. The molecule has 1 saturated carbocycles. The van der Waals surface area contributed by atoms with Crippen molar-refractivity contribution in [1.29, 1.82) is 0 Å². The zero-order valence-electron chi connectivity index (χ0n) is 18.2. The van der Waals surface area contributed by atoms with Gasteiger partial charge in [0.15, 0.2) is 11.5 Å². The number of halogens is 2. The molecule has 1 amide bonds. The molecule has 33 heavy (non-hydrogen) atoms. The number of pyridine rings is 2. The molecule has 0 unspecified atom stereocenters. The first-order chi connectivity index (χ1) is 15.7. The fourth-order valence-electron chi connectivity index (χ4n) is 4.03. The molecule has 1 aromatic carbocycles. The lowest BCUT2D eigenvalue weighted by atomic mass is 9.94. The standard InChI is InChI=1S/C24H21F2N3O4/c1-13-4-8-19(28-21(13)16-6-9-20(31-3)27-14(16)2)29-22(30)23(10-11-23)15-5-7-17-18(12-15)33-24(25,26)32-17/h4-9,12H,10-11H2,1-3H3,(H,28,29,30). The lowest BCUT2D eigenvalue weighted by molar-refractivity contribution is -0.286. The van der Waals surface area contributed by atoms with Crippen LogP contribution in [0.5, 0.6) is 17.4 Å². The topological polar surface area (TPSA) is 82.6 Å². The van der Waals surface area contributed by atoms with E-state index in [0.717, 1.165) is 16.8 Å². The summed E-state index contributed by atoms with van der Waals surface area (Å²) in [7, 11) is 1.56. The number of rotatable bonds is 5. The zero-order valence-corrected chi connectivity index (χ0v) is 18.2. The summed E-state index contributed by atoms with van der Waals surface area (Å²) >= 11 is 0. The molecule has 0 spiro atoms. The fourth-order valence-corrected chi connectivity index (χ4v) is 4.03. The van der Waals surface area contributed by atoms with Crippen LogP contribution in [-0.2, 0) is 10.2 Å². The molecule has 3 heterocycles. The maximum atomic E-state index is 13.4. The van der Waals surface area contributed by atoms with Crippen molar-refractivity contribution in [2.45, 2.75) is 38.4 Å². The van der Waals surface area contributed by atoms with Gasteiger partial charge in [-0.3, -0.25) is 4.79 Å². The van der Waals surface area contributed by atoms with Gasteiger partial charge in [-0.1, -0.05) is 12.1 Å². The highest BCUT2D eigenvalue weighted by molar-refractivity contribution is 6.01. The maximum Gasteiger partial charge on any atom is 0.586 e. The summed E-state index contributed by atoms with van der Waals surface area (Å²) in [6.07, 6.45) is -2.51. The van der Waals surface area contributed by atoms with Gasteiger partial charge in [0.1, 0.15) is 5.82 Å². The van der Waals surface area contributed by atoms with Gasteiger partial charge in [0.25, 0.3) is 0 Å². The molecule has 5 rings (SSSR count). The summed E-state index contributed by atoms with van der Waals surface area (Å²) in [4.78, 5) is 22.3. The van der Waals surface area contributed by atoms with E-state index in [9.17, 15) is 13.6 Å². The molecule has 170 valence electrons. The summed E-state index contributed by atoms with van der Waals surface area (Å²) in [6, 6.07) is 11.7. The number of hydrogen-bond acceptors (Lipinski definition) is 6. The second-order valence-electron chi connectivity index (χ2n) is 8.21. The molecule has 1 N–H and O–H groups in total. The molecule has 2 aliphatic rings. The van der Waals surface area contributed by atoms with Crippen molar-refractivity contribution in [3.8, 4) is 28.6 Å². The average Bonchev–Trinajstić information content (AvgIpc) is 3.52. The van der Waals surface area contributed by atoms with Crippen molar-refractivity contribution in [3.05, 3.63) is 59.3 Å². The number of carbonyl (C=O) groups excluding carboxylic acids is 1. The van der Waals surface area contributed by atoms with Gasteiger partial charge in [0, 0.05) is 11.6 Å². The predicted octanol–water partition coefficient (Wildman–Crippen LogP) is 4.76. The van der Waals surface area contributed by atoms with Crippen molar-refractivity contribution in [1.82, 2.24) is 9.97 Å². The molecule has 0 bridgehead atoms. The van der Waals surface area contributed by atoms with E-state index < -0.39 is 11.7 Å². The summed E-state index contributed by atoms with van der Waals surface area (Å²) in [5.74, 6) is 0.535. The molecular weight excluding hydrogens is 432 g/mol. The van der Waals surface area contributed by atoms with E-state index in [1.54, 1.807) is 25.3 Å². The smallest absolute Gasteiger partial charge is 0.481 e. The Labute approximate surface area is 188 Å². The second kappa shape index (κ2) is 7.40. The van der Waals surface area contributed by atoms with Crippen LogP contribution in [0.25, 0.3) is 11.3 Å². The van der Waals surface area contributed by atoms with E-state index in [4.69, 9.17) is 4.74 Å². The van der Waals surface area contributed by atoms with Crippen molar-refractivity contribution < 1.29 is 27.8 Å². The summed E-state index contributed by atoms with van der Waals surface area (Å²) in [6.45, 7) is 3.80. The van der Waals surface area contributed by atoms with Gasteiger partial charge in [-0.15, -0.1) is 8.78 Å². The van der Waals surface area contributed by atoms with Crippen LogP contribution >= 0.6 is 0 Å². The first-order valence-corrected chi connectivity index (χ1v) is 10.4. The zero-order chi connectivity index (χ0) is 23.4. The average molecular weight is 453 g/mol. The van der Waals surface area contributed by atoms with E-state index in [1.165, 1.54) is 12.1 Å². The molecule has 0 saturated heterocycles. The third kappa shape index (κ3) is 3.73. The predicted molar refractivity (Wildman–Crippen MR) is 116 cm³/mol. The van der Waals surface area contributed by atoms with Gasteiger partial charge in [-0.2, -0.15) is 0 Å². The van der Waals surface area contributed by atoms with Crippen LogP contribution < -0.4 is 19.5 Å². The largest absolute Gasteiger partial charge is 0.586 e. The number of aromatic nitrogens is 2. The van der Waals surface area contributed by atoms with Gasteiger partial charge in [0.05, 0.1) is 23.9 Å². The number of ether oxygens (including phenoxy) is 3. The number of fused-ring (bicyclic) bond motifs is 1. The Balaban J connectivity index is 1.40. The summed E-state index contributed by atoms with van der Waals surface area (Å²) in [5.41, 5.74) is 3.01. The van der Waals surface area contributed by atoms with Crippen molar-refractivity contribution in [2.24, 2.45) is 0 Å². The van der Waals surface area contributed by atoms with Gasteiger partial charge in [0.2, 0.25) is 11.8 Å². The molecule has 1 aliphatic heterocycles. The van der Waals surface area contributed by atoms with E-state index in [-0.39, 0.29) is 17.4 Å². The van der Waals surface area contributed by atoms with Crippen LogP contribution in [0.2, 0.25) is 0 Å². The second-order valence-corrected chi connectivity index (χ2v) is 8.21. The lowest BCUT2D eigenvalue weighted by Gasteiger charge is -2.17. The number of methoxy groups -OCH3 is 1. The Hall–Kier alpha value is -3.75. The Morgan fingerprint density at radius 2 is 1.79 bits per heavy atom. The number of benzene rings is 1. The third-order valence-electron chi connectivity index (χ3n) is 6.00. The molecule has 2 aromatic heterocycles. The molecule has 3 aromatic rings. The highest BCUT2D eigenvalue weighted by Gasteiger charge is 2.53. The van der Waals surface area contributed by atoms with Crippen LogP contribution in [0, 0.1) is 13.8 Å². The Morgan fingerprint density at radius 1 is 1.03 bits per heavy atom. The number of alkyl halides is 2. The Bertz CT molecular complexity index is 1270. The molecule has 9 heteroatoms. The van der Waals surface area contributed by atoms with E-state index in [2.05, 4.69) is 24.8 Å². The van der Waals surface area contributed by atoms with Crippen LogP contribution in [-0.4, -0.2) is 29.3 Å². The SMILES string of the molecule is COc1ccc(-c2nc(NC(=O)C3(c4ccc5c(c4)OC(F)(F)O5)CC3)ccc2C)c(C)n1. The number of hydrogen-bond donors (Lipinski definition) is 1. The number of nitrogens with one attached hydrogen (secondary N) is 1. The number of amides is 1. The third-order valence-corrected chi connectivity index (χ3v) is 6.00. The molecule has 1 aliphatic carbocycles. The number of anilines is 1. The van der Waals surface area contributed by atoms with Crippen LogP contribution in [0.1, 0.15) is 29.7 Å². The molecule has 0 atom stereocenters. The Kier molecular flexibility index (Phi) is 4.73. The number of carbonyl (C=O) groups is 1. The van der Waals surface area contributed by atoms with E-state index >= 15 is 0 Å². The first-order valence-electron chi connectivity index (χ1n) is 10.4. The molecule has 1 fully saturated rings. The fraction of sp³-hybridized carbons (Fsp3) is 0.292. The van der Waals surface area contributed by atoms with Crippen molar-refractivity contribution >= 4 is 11.7 Å². The van der Waals surface area contributed by atoms with Crippen LogP contribution in [0.15, 0.2) is 42.5 Å². The van der Waals surface area contributed by atoms with Crippen LogP contribution in [0.3, 0.4) is 0 Å². The van der Waals surface area contributed by atoms with Crippen molar-refractivity contribution in [2.75, 3.05) is 12.4 Å². The van der Waals surface area contributed by atoms with Gasteiger partial charge in [-0.05, 0) is 62.1 Å². The first kappa shape index (κ1) is 21.1. The highest BCUT2D eigenvalue weighted by Crippen LogP contribution is 2.52. The maximum absolute atomic E-state index is 13.4. The molecule has 7 nitrogen and oxygen atoms in total. The van der Waals surface area contributed by atoms with Gasteiger partial charge in [-0.25, -0.2) is 9.97 Å².